The molecule has 0 aromatic carbocycles. The maximum absolute atomic E-state index is 12.0. The van der Waals surface area contributed by atoms with Gasteiger partial charge in [0.2, 0.25) is 0 Å². The summed E-state index contributed by atoms with van der Waals surface area (Å²) in [5, 5.41) is 2.92. The fourth-order valence-electron chi connectivity index (χ4n) is 2.08. The van der Waals surface area contributed by atoms with Gasteiger partial charge in [-0.3, -0.25) is 0 Å². The minimum absolute atomic E-state index is 0.474. The molecule has 0 amide bonds. The van der Waals surface area contributed by atoms with Gasteiger partial charge in [0, 0.05) is 6.04 Å². The van der Waals surface area contributed by atoms with Crippen molar-refractivity contribution in [3.63, 3.8) is 0 Å². The third-order valence-electron chi connectivity index (χ3n) is 2.88. The molecule has 1 rings (SSSR count). The molecular formula is C11H21F3N2. The van der Waals surface area contributed by atoms with E-state index in [4.69, 9.17) is 0 Å². The van der Waals surface area contributed by atoms with Crippen molar-refractivity contribution in [3.05, 3.63) is 0 Å². The molecule has 1 unspecified atom stereocenters. The van der Waals surface area contributed by atoms with Crippen LogP contribution in [0.25, 0.3) is 0 Å². The van der Waals surface area contributed by atoms with Gasteiger partial charge in [0.15, 0.2) is 0 Å². The standard InChI is InChI=1S/C11H21F3N2/c1-10(9-11(12,13)14)15-5-4-8-16-6-2-3-7-16/h10,15H,2-9H2,1H3. The number of hydrogen-bond acceptors (Lipinski definition) is 2. The van der Waals surface area contributed by atoms with Gasteiger partial charge >= 0.3 is 6.18 Å². The number of nitrogens with one attached hydrogen (secondary N) is 1. The van der Waals surface area contributed by atoms with Crippen LogP contribution in [0.3, 0.4) is 0 Å². The van der Waals surface area contributed by atoms with E-state index in [0.29, 0.717) is 6.54 Å². The van der Waals surface area contributed by atoms with Crippen molar-refractivity contribution < 1.29 is 13.2 Å². The smallest absolute Gasteiger partial charge is 0.314 e. The van der Waals surface area contributed by atoms with E-state index in [-0.39, 0.29) is 0 Å². The van der Waals surface area contributed by atoms with Gasteiger partial charge < -0.3 is 10.2 Å². The van der Waals surface area contributed by atoms with Gasteiger partial charge in [0.05, 0.1) is 6.42 Å². The zero-order valence-corrected chi connectivity index (χ0v) is 9.82. The molecule has 1 heterocycles. The molecule has 2 nitrogen and oxygen atoms in total. The molecule has 1 aliphatic heterocycles. The monoisotopic (exact) mass is 238 g/mol. The van der Waals surface area contributed by atoms with E-state index < -0.39 is 18.6 Å². The molecule has 1 aliphatic rings. The average Bonchev–Trinajstić information content (AvgIpc) is 2.62. The summed E-state index contributed by atoms with van der Waals surface area (Å²) in [6.07, 6.45) is -1.34. The summed E-state index contributed by atoms with van der Waals surface area (Å²) in [6, 6.07) is -0.474. The molecule has 0 spiro atoms. The molecule has 0 aliphatic carbocycles. The fourth-order valence-corrected chi connectivity index (χ4v) is 2.08. The molecule has 1 N–H and O–H groups in total. The Bertz CT molecular complexity index is 188. The van der Waals surface area contributed by atoms with E-state index in [2.05, 4.69) is 10.2 Å². The highest BCUT2D eigenvalue weighted by atomic mass is 19.4. The quantitative estimate of drug-likeness (QED) is 0.715. The first-order valence-corrected chi connectivity index (χ1v) is 6.00. The van der Waals surface area contributed by atoms with Crippen molar-refractivity contribution in [2.45, 2.75) is 44.8 Å². The minimum Gasteiger partial charge on any atom is -0.314 e. The Labute approximate surface area is 95.2 Å². The van der Waals surface area contributed by atoms with Gasteiger partial charge in [-0.1, -0.05) is 0 Å². The van der Waals surface area contributed by atoms with E-state index >= 15 is 0 Å². The molecule has 0 aromatic heterocycles. The lowest BCUT2D eigenvalue weighted by atomic mass is 10.2. The average molecular weight is 238 g/mol. The van der Waals surface area contributed by atoms with Crippen LogP contribution in [0, 0.1) is 0 Å². The minimum atomic E-state index is -4.05. The summed E-state index contributed by atoms with van der Waals surface area (Å²) in [5.41, 5.74) is 0. The molecule has 0 bridgehead atoms. The van der Waals surface area contributed by atoms with Crippen molar-refractivity contribution in [1.29, 1.82) is 0 Å². The Morgan fingerprint density at radius 1 is 1.25 bits per heavy atom. The zero-order valence-electron chi connectivity index (χ0n) is 9.82. The van der Waals surface area contributed by atoms with Crippen molar-refractivity contribution in [2.24, 2.45) is 0 Å². The van der Waals surface area contributed by atoms with E-state index in [9.17, 15) is 13.2 Å². The van der Waals surface area contributed by atoms with Crippen LogP contribution >= 0.6 is 0 Å². The van der Waals surface area contributed by atoms with Gasteiger partial charge in [0.1, 0.15) is 0 Å². The highest BCUT2D eigenvalue weighted by Gasteiger charge is 2.29. The normalized spacial score (nSPS) is 20.2. The summed E-state index contributed by atoms with van der Waals surface area (Å²) < 4.78 is 36.0. The van der Waals surface area contributed by atoms with Crippen LogP contribution in [0.15, 0.2) is 0 Å². The highest BCUT2D eigenvalue weighted by molar-refractivity contribution is 4.68. The molecule has 0 aromatic rings. The van der Waals surface area contributed by atoms with Crippen LogP contribution in [0.5, 0.6) is 0 Å². The summed E-state index contributed by atoms with van der Waals surface area (Å²) in [7, 11) is 0. The van der Waals surface area contributed by atoms with Crippen molar-refractivity contribution >= 4 is 0 Å². The summed E-state index contributed by atoms with van der Waals surface area (Å²) in [4.78, 5) is 2.37. The molecule has 1 fully saturated rings. The Balaban J connectivity index is 1.97. The molecule has 1 saturated heterocycles. The lowest BCUT2D eigenvalue weighted by Crippen LogP contribution is -2.33. The van der Waals surface area contributed by atoms with Gasteiger partial charge in [-0.05, 0) is 52.4 Å². The maximum atomic E-state index is 12.0. The fraction of sp³-hybridized carbons (Fsp3) is 1.00. The topological polar surface area (TPSA) is 15.3 Å². The SMILES string of the molecule is CC(CC(F)(F)F)NCCCN1CCCC1. The summed E-state index contributed by atoms with van der Waals surface area (Å²) >= 11 is 0. The van der Waals surface area contributed by atoms with E-state index in [1.54, 1.807) is 6.92 Å². The second-order valence-corrected chi connectivity index (χ2v) is 4.58. The third-order valence-corrected chi connectivity index (χ3v) is 2.88. The molecular weight excluding hydrogens is 217 g/mol. The first kappa shape index (κ1) is 13.8. The molecule has 96 valence electrons. The van der Waals surface area contributed by atoms with Gasteiger partial charge in [-0.25, -0.2) is 0 Å². The Hall–Kier alpha value is -0.290. The van der Waals surface area contributed by atoms with Crippen LogP contribution < -0.4 is 5.32 Å². The Morgan fingerprint density at radius 3 is 2.44 bits per heavy atom. The van der Waals surface area contributed by atoms with Crippen LogP contribution in [0.2, 0.25) is 0 Å². The first-order valence-electron chi connectivity index (χ1n) is 6.00. The van der Waals surface area contributed by atoms with Crippen molar-refractivity contribution in [3.8, 4) is 0 Å². The lowest BCUT2D eigenvalue weighted by Gasteiger charge is -2.18. The number of halogens is 3. The first-order chi connectivity index (χ1) is 7.47. The predicted octanol–water partition coefficient (Wildman–Crippen LogP) is 2.40. The van der Waals surface area contributed by atoms with E-state index in [1.807, 2.05) is 0 Å². The van der Waals surface area contributed by atoms with Crippen molar-refractivity contribution in [1.82, 2.24) is 10.2 Å². The van der Waals surface area contributed by atoms with E-state index in [1.165, 1.54) is 12.8 Å². The lowest BCUT2D eigenvalue weighted by molar-refractivity contribution is -0.139. The Kier molecular flexibility index (Phi) is 5.55. The second-order valence-electron chi connectivity index (χ2n) is 4.58. The van der Waals surface area contributed by atoms with Crippen LogP contribution in [-0.4, -0.2) is 43.3 Å². The number of nitrogens with zero attached hydrogens (tertiary/aromatic N) is 1. The van der Waals surface area contributed by atoms with E-state index in [0.717, 1.165) is 26.1 Å². The predicted molar refractivity (Wildman–Crippen MR) is 58.4 cm³/mol. The second kappa shape index (κ2) is 6.45. The Morgan fingerprint density at radius 2 is 1.88 bits per heavy atom. The maximum Gasteiger partial charge on any atom is 0.390 e. The summed E-state index contributed by atoms with van der Waals surface area (Å²) in [5.74, 6) is 0. The molecule has 0 saturated carbocycles. The zero-order chi connectivity index (χ0) is 12.0. The number of rotatable bonds is 6. The number of hydrogen-bond donors (Lipinski definition) is 1. The molecule has 5 heteroatoms. The third kappa shape index (κ3) is 6.33. The summed E-state index contributed by atoms with van der Waals surface area (Å²) in [6.45, 7) is 5.57. The van der Waals surface area contributed by atoms with Crippen LogP contribution in [-0.2, 0) is 0 Å². The molecule has 1 atom stereocenters. The number of alkyl halides is 3. The van der Waals surface area contributed by atoms with Crippen LogP contribution in [0.4, 0.5) is 13.2 Å². The van der Waals surface area contributed by atoms with Gasteiger partial charge in [-0.15, -0.1) is 0 Å². The van der Waals surface area contributed by atoms with Gasteiger partial charge in [0.25, 0.3) is 0 Å². The highest BCUT2D eigenvalue weighted by Crippen LogP contribution is 2.21. The largest absolute Gasteiger partial charge is 0.390 e. The van der Waals surface area contributed by atoms with Crippen molar-refractivity contribution in [2.75, 3.05) is 26.2 Å². The van der Waals surface area contributed by atoms with Crippen LogP contribution in [0.1, 0.15) is 32.6 Å². The molecule has 16 heavy (non-hydrogen) atoms. The van der Waals surface area contributed by atoms with Gasteiger partial charge in [-0.2, -0.15) is 13.2 Å². The number of likely N-dealkylation sites (tertiary alicyclic amines) is 1. The molecule has 0 radical (unpaired) electrons.